The lowest BCUT2D eigenvalue weighted by molar-refractivity contribution is -0.137. The van der Waals surface area contributed by atoms with Crippen LogP contribution in [0.3, 0.4) is 0 Å². The molecule has 0 aliphatic heterocycles. The van der Waals surface area contributed by atoms with E-state index in [4.69, 9.17) is 5.11 Å². The van der Waals surface area contributed by atoms with Gasteiger partial charge in [-0.2, -0.15) is 5.12 Å². The first-order valence-corrected chi connectivity index (χ1v) is 3.22. The molecule has 0 heterocycles. The van der Waals surface area contributed by atoms with Crippen molar-refractivity contribution in [3.8, 4) is 0 Å². The van der Waals surface area contributed by atoms with Gasteiger partial charge in [-0.1, -0.05) is 6.92 Å². The maximum atomic E-state index is 9.60. The predicted molar refractivity (Wildman–Crippen MR) is 42.3 cm³/mol. The second-order valence-corrected chi connectivity index (χ2v) is 1.89. The number of urea groups is 1. The Bertz CT molecular complexity index is 148. The summed E-state index contributed by atoms with van der Waals surface area (Å²) >= 11 is 0. The number of primary amides is 1. The second-order valence-electron chi connectivity index (χ2n) is 1.89. The number of hydrogen-bond acceptors (Lipinski definition) is 4. The van der Waals surface area contributed by atoms with Crippen molar-refractivity contribution < 1.29 is 14.7 Å². The van der Waals surface area contributed by atoms with Crippen molar-refractivity contribution in [1.29, 1.82) is 0 Å². The van der Waals surface area contributed by atoms with Gasteiger partial charge < -0.3 is 10.8 Å². The first-order valence-electron chi connectivity index (χ1n) is 3.22. The van der Waals surface area contributed by atoms with Crippen LogP contribution < -0.4 is 17.4 Å². The van der Waals surface area contributed by atoms with Gasteiger partial charge in [-0.05, 0) is 6.42 Å². The number of carbonyl (C=O) groups is 2. The number of rotatable bonds is 2. The van der Waals surface area contributed by atoms with E-state index in [1.807, 2.05) is 6.92 Å². The Morgan fingerprint density at radius 1 is 1.42 bits per heavy atom. The van der Waals surface area contributed by atoms with Gasteiger partial charge in [-0.25, -0.2) is 16.5 Å². The molecule has 7 N–H and O–H groups in total. The van der Waals surface area contributed by atoms with Crippen molar-refractivity contribution >= 4 is 12.0 Å². The van der Waals surface area contributed by atoms with Crippen molar-refractivity contribution in [2.24, 2.45) is 17.4 Å². The van der Waals surface area contributed by atoms with Crippen LogP contribution in [-0.2, 0) is 4.79 Å². The minimum absolute atomic E-state index is 0.292. The minimum Gasteiger partial charge on any atom is -0.481 e. The van der Waals surface area contributed by atoms with Gasteiger partial charge in [0.2, 0.25) is 0 Å². The van der Waals surface area contributed by atoms with Crippen LogP contribution in [0, 0.1) is 0 Å². The average Bonchev–Trinajstić information content (AvgIpc) is 1.87. The molecule has 0 aliphatic carbocycles. The van der Waals surface area contributed by atoms with E-state index < -0.39 is 12.0 Å². The normalized spacial score (nSPS) is 7.92. The third kappa shape index (κ3) is 15.9. The summed E-state index contributed by atoms with van der Waals surface area (Å²) in [6.45, 7) is 1.84. The van der Waals surface area contributed by atoms with Crippen molar-refractivity contribution in [3.63, 3.8) is 0 Å². The molecule has 0 atom stereocenters. The van der Waals surface area contributed by atoms with Crippen LogP contribution in [0.1, 0.15) is 19.8 Å². The van der Waals surface area contributed by atoms with E-state index in [1.165, 1.54) is 0 Å². The van der Waals surface area contributed by atoms with E-state index in [2.05, 4.69) is 17.4 Å². The minimum atomic E-state index is -0.852. The lowest BCUT2D eigenvalue weighted by Gasteiger charge is -2.00. The Hall–Kier alpha value is -1.34. The van der Waals surface area contributed by atoms with Crippen molar-refractivity contribution in [1.82, 2.24) is 5.12 Å². The molecule has 0 fully saturated rings. The molecule has 0 aromatic heterocycles. The molecule has 0 spiro atoms. The molecule has 7 nitrogen and oxygen atoms in total. The number of aliphatic carboxylic acids is 1. The summed E-state index contributed by atoms with van der Waals surface area (Å²) in [4.78, 5) is 19.2. The van der Waals surface area contributed by atoms with Crippen LogP contribution in [0.25, 0.3) is 0 Å². The maximum Gasteiger partial charge on any atom is 0.343 e. The number of nitrogens with zero attached hydrogens (tertiary/aromatic N) is 1. The fraction of sp³-hybridized carbons (Fsp3) is 0.600. The summed E-state index contributed by atoms with van der Waals surface area (Å²) in [5.74, 6) is 8.43. The summed E-state index contributed by atoms with van der Waals surface area (Å²) in [5.41, 5.74) is 4.47. The summed E-state index contributed by atoms with van der Waals surface area (Å²) in [6, 6.07) is -0.852. The Morgan fingerprint density at radius 3 is 1.75 bits per heavy atom. The fourth-order valence-electron chi connectivity index (χ4n) is 0.214. The van der Waals surface area contributed by atoms with Crippen LogP contribution in [0.15, 0.2) is 0 Å². The van der Waals surface area contributed by atoms with Crippen molar-refractivity contribution in [2.75, 3.05) is 0 Å². The van der Waals surface area contributed by atoms with Gasteiger partial charge >= 0.3 is 12.0 Å². The molecule has 0 aromatic rings. The third-order valence-corrected chi connectivity index (χ3v) is 0.718. The SMILES string of the molecule is CCCC(=O)O.NC(=O)N(N)N. The highest BCUT2D eigenvalue weighted by Crippen LogP contribution is 1.82. The van der Waals surface area contributed by atoms with Gasteiger partial charge in [0.1, 0.15) is 0 Å². The Labute approximate surface area is 70.0 Å². The molecular weight excluding hydrogens is 164 g/mol. The molecule has 0 saturated carbocycles. The van der Waals surface area contributed by atoms with Gasteiger partial charge in [-0.3, -0.25) is 4.79 Å². The first-order chi connectivity index (χ1) is 5.41. The quantitative estimate of drug-likeness (QED) is 0.244. The van der Waals surface area contributed by atoms with Crippen molar-refractivity contribution in [3.05, 3.63) is 0 Å². The van der Waals surface area contributed by atoms with Crippen LogP contribution in [0.2, 0.25) is 0 Å². The van der Waals surface area contributed by atoms with Gasteiger partial charge in [0, 0.05) is 6.42 Å². The Kier molecular flexibility index (Phi) is 8.58. The molecule has 2 amide bonds. The number of carboxylic acid groups (broad SMARTS) is 1. The molecule has 72 valence electrons. The molecule has 0 rings (SSSR count). The predicted octanol–water partition coefficient (Wildman–Crippen LogP) is -1.01. The maximum absolute atomic E-state index is 9.60. The smallest absolute Gasteiger partial charge is 0.343 e. The summed E-state index contributed by atoms with van der Waals surface area (Å²) in [6.07, 6.45) is 1.02. The monoisotopic (exact) mass is 178 g/mol. The van der Waals surface area contributed by atoms with Gasteiger partial charge in [0.25, 0.3) is 0 Å². The van der Waals surface area contributed by atoms with Crippen LogP contribution in [0.4, 0.5) is 4.79 Å². The van der Waals surface area contributed by atoms with E-state index in [1.54, 1.807) is 0 Å². The standard InChI is InChI=1S/C4H8O2.CH6N4O/c1-2-3-4(5)6;2-1(6)5(3)4/h2-3H2,1H3,(H,5,6);3-4H2,(H2,2,6). The largest absolute Gasteiger partial charge is 0.481 e. The van der Waals surface area contributed by atoms with E-state index in [9.17, 15) is 9.59 Å². The first kappa shape index (κ1) is 13.3. The highest BCUT2D eigenvalue weighted by molar-refractivity contribution is 5.70. The number of nitrogens with two attached hydrogens (primary N) is 3. The summed E-state index contributed by atoms with van der Waals surface area (Å²) < 4.78 is 0. The van der Waals surface area contributed by atoms with Crippen LogP contribution in [-0.4, -0.2) is 22.2 Å². The highest BCUT2D eigenvalue weighted by Gasteiger charge is 1.90. The molecule has 0 bridgehead atoms. The number of amides is 2. The topological polar surface area (TPSA) is 136 Å². The van der Waals surface area contributed by atoms with Crippen molar-refractivity contribution in [2.45, 2.75) is 19.8 Å². The molecule has 0 radical (unpaired) electrons. The van der Waals surface area contributed by atoms with E-state index in [0.717, 1.165) is 6.42 Å². The number of carboxylic acids is 1. The zero-order valence-corrected chi connectivity index (χ0v) is 6.86. The summed E-state index contributed by atoms with van der Waals surface area (Å²) in [5, 5.41) is 8.22. The Morgan fingerprint density at radius 2 is 1.75 bits per heavy atom. The number of hydrogen-bond donors (Lipinski definition) is 4. The average molecular weight is 178 g/mol. The Balaban J connectivity index is 0. The van der Waals surface area contributed by atoms with Crippen LogP contribution >= 0.6 is 0 Å². The zero-order valence-electron chi connectivity index (χ0n) is 6.86. The molecule has 0 aliphatic rings. The molecule has 0 aromatic carbocycles. The lowest BCUT2D eigenvalue weighted by atomic mass is 10.4. The van der Waals surface area contributed by atoms with E-state index in [0.29, 0.717) is 11.5 Å². The summed E-state index contributed by atoms with van der Waals surface area (Å²) in [7, 11) is 0. The molecule has 12 heavy (non-hydrogen) atoms. The lowest BCUT2D eigenvalue weighted by Crippen LogP contribution is -2.46. The third-order valence-electron chi connectivity index (χ3n) is 0.718. The van der Waals surface area contributed by atoms with E-state index >= 15 is 0 Å². The molecule has 0 unspecified atom stereocenters. The highest BCUT2D eigenvalue weighted by atomic mass is 16.4. The molecule has 0 saturated heterocycles. The molecule has 7 heteroatoms. The fourth-order valence-corrected chi connectivity index (χ4v) is 0.214. The zero-order chi connectivity index (χ0) is 10.1. The van der Waals surface area contributed by atoms with Gasteiger partial charge in [-0.15, -0.1) is 0 Å². The van der Waals surface area contributed by atoms with Gasteiger partial charge in [0.05, 0.1) is 0 Å². The van der Waals surface area contributed by atoms with E-state index in [-0.39, 0.29) is 0 Å². The number of carbonyl (C=O) groups excluding carboxylic acids is 1. The van der Waals surface area contributed by atoms with Gasteiger partial charge in [0.15, 0.2) is 0 Å². The molecular formula is C5H14N4O3. The second kappa shape index (κ2) is 7.76. The van der Waals surface area contributed by atoms with Crippen LogP contribution in [0.5, 0.6) is 0 Å². The number of hydrazine groups is 2.